The summed E-state index contributed by atoms with van der Waals surface area (Å²) in [6, 6.07) is 0. The molecule has 5 heteroatoms. The molecule has 2 rings (SSSR count). The van der Waals surface area contributed by atoms with Crippen LogP contribution >= 0.6 is 0 Å². The van der Waals surface area contributed by atoms with Crippen LogP contribution in [0.15, 0.2) is 5.16 Å². The summed E-state index contributed by atoms with van der Waals surface area (Å²) in [5, 5.41) is 15.2. The fraction of sp³-hybridized carbons (Fsp3) is 0.462. The van der Waals surface area contributed by atoms with Crippen LogP contribution in [0.1, 0.15) is 36.1 Å². The predicted molar refractivity (Wildman–Crippen MR) is 69.5 cm³/mol. The maximum Gasteiger partial charge on any atom is 0.280 e. The molecule has 0 atom stereocenters. The number of nitro groups is 1. The molecule has 96 valence electrons. The van der Waals surface area contributed by atoms with Crippen LogP contribution in [-0.4, -0.2) is 11.1 Å². The monoisotopic (exact) mass is 248 g/mol. The van der Waals surface area contributed by atoms with Crippen molar-refractivity contribution in [2.24, 2.45) is 5.16 Å². The highest BCUT2D eigenvalue weighted by molar-refractivity contribution is 5.80. The van der Waals surface area contributed by atoms with Crippen molar-refractivity contribution < 1.29 is 9.76 Å². The van der Waals surface area contributed by atoms with Gasteiger partial charge < -0.3 is 4.84 Å². The predicted octanol–water partition coefficient (Wildman–Crippen LogP) is 3.18. The second kappa shape index (κ2) is 3.80. The summed E-state index contributed by atoms with van der Waals surface area (Å²) in [6.07, 6.45) is 1.61. The van der Waals surface area contributed by atoms with Crippen LogP contribution < -0.4 is 4.84 Å². The van der Waals surface area contributed by atoms with E-state index in [0.29, 0.717) is 16.9 Å². The summed E-state index contributed by atoms with van der Waals surface area (Å²) in [5.41, 5.74) is 2.75. The average Bonchev–Trinajstić information content (AvgIpc) is 2.27. The molecule has 0 spiro atoms. The van der Waals surface area contributed by atoms with Crippen molar-refractivity contribution in [2.45, 2.75) is 40.0 Å². The molecule has 5 nitrogen and oxygen atoms in total. The molecule has 1 aromatic carbocycles. The average molecular weight is 248 g/mol. The lowest BCUT2D eigenvalue weighted by molar-refractivity contribution is -0.386. The maximum atomic E-state index is 11.4. The molecule has 0 N–H and O–H groups in total. The quantitative estimate of drug-likeness (QED) is 0.566. The zero-order valence-corrected chi connectivity index (χ0v) is 11.2. The molecule has 0 amide bonds. The summed E-state index contributed by atoms with van der Waals surface area (Å²) >= 11 is 0. The molecular formula is C13H16N2O3. The van der Waals surface area contributed by atoms with Crippen molar-refractivity contribution in [1.82, 2.24) is 0 Å². The van der Waals surface area contributed by atoms with Crippen LogP contribution in [0.3, 0.4) is 0 Å². The lowest BCUT2D eigenvalue weighted by Gasteiger charge is -2.27. The summed E-state index contributed by atoms with van der Waals surface area (Å²) in [6.45, 7) is 9.36. The smallest absolute Gasteiger partial charge is 0.280 e. The molecule has 1 heterocycles. The standard InChI is InChI=1S/C13H16N2O3/c1-7-8(2)11(15(16)17)10-12(9(7)3)18-14-6-13(10,4)5/h6H,1-5H3. The molecule has 0 bridgehead atoms. The molecule has 18 heavy (non-hydrogen) atoms. The fourth-order valence-electron chi connectivity index (χ4n) is 2.33. The molecule has 0 saturated carbocycles. The largest absolute Gasteiger partial charge is 0.356 e. The normalized spacial score (nSPS) is 16.1. The van der Waals surface area contributed by atoms with Gasteiger partial charge in [-0.1, -0.05) is 19.0 Å². The highest BCUT2D eigenvalue weighted by Gasteiger charge is 2.38. The van der Waals surface area contributed by atoms with Gasteiger partial charge in [0.1, 0.15) is 0 Å². The van der Waals surface area contributed by atoms with Gasteiger partial charge in [0, 0.05) is 11.0 Å². The zero-order valence-electron chi connectivity index (χ0n) is 11.2. The first-order valence-corrected chi connectivity index (χ1v) is 5.77. The van der Waals surface area contributed by atoms with Crippen molar-refractivity contribution in [3.63, 3.8) is 0 Å². The Morgan fingerprint density at radius 1 is 1.22 bits per heavy atom. The SMILES string of the molecule is Cc1c(C)c2c(c([N+](=O)[O-])c1C)C(C)(C)C=NO2. The third-order valence-corrected chi connectivity index (χ3v) is 3.63. The Hall–Kier alpha value is -1.91. The highest BCUT2D eigenvalue weighted by atomic mass is 16.6. The molecular weight excluding hydrogens is 232 g/mol. The number of benzene rings is 1. The van der Waals surface area contributed by atoms with E-state index in [9.17, 15) is 10.1 Å². The number of hydrogen-bond acceptors (Lipinski definition) is 4. The van der Waals surface area contributed by atoms with E-state index in [1.807, 2.05) is 27.7 Å². The second-order valence-corrected chi connectivity index (χ2v) is 5.23. The number of oxime groups is 1. The summed E-state index contributed by atoms with van der Waals surface area (Å²) < 4.78 is 0. The van der Waals surface area contributed by atoms with Crippen LogP contribution in [0, 0.1) is 30.9 Å². The lowest BCUT2D eigenvalue weighted by Crippen LogP contribution is -2.26. The van der Waals surface area contributed by atoms with Crippen LogP contribution in [0.5, 0.6) is 5.75 Å². The van der Waals surface area contributed by atoms with Crippen LogP contribution in [0.2, 0.25) is 0 Å². The Labute approximate surface area is 106 Å². The van der Waals surface area contributed by atoms with Crippen molar-refractivity contribution in [3.05, 3.63) is 32.4 Å². The molecule has 0 fully saturated rings. The Bertz CT molecular complexity index is 574. The molecule has 1 aromatic rings. The Kier molecular flexibility index (Phi) is 2.65. The first kappa shape index (κ1) is 12.5. The van der Waals surface area contributed by atoms with E-state index in [-0.39, 0.29) is 10.6 Å². The van der Waals surface area contributed by atoms with Gasteiger partial charge in [0.15, 0.2) is 5.75 Å². The van der Waals surface area contributed by atoms with E-state index in [1.54, 1.807) is 13.1 Å². The van der Waals surface area contributed by atoms with Crippen LogP contribution in [-0.2, 0) is 5.41 Å². The van der Waals surface area contributed by atoms with Gasteiger partial charge in [0.05, 0.1) is 16.7 Å². The Morgan fingerprint density at radius 3 is 2.39 bits per heavy atom. The van der Waals surface area contributed by atoms with Gasteiger partial charge in [-0.3, -0.25) is 10.1 Å². The topological polar surface area (TPSA) is 64.7 Å². The van der Waals surface area contributed by atoms with Gasteiger partial charge in [0.25, 0.3) is 5.69 Å². The van der Waals surface area contributed by atoms with Gasteiger partial charge in [0.2, 0.25) is 0 Å². The molecule has 0 aliphatic carbocycles. The van der Waals surface area contributed by atoms with Crippen LogP contribution in [0.25, 0.3) is 0 Å². The molecule has 0 radical (unpaired) electrons. The Morgan fingerprint density at radius 2 is 1.83 bits per heavy atom. The van der Waals surface area contributed by atoms with E-state index in [1.165, 1.54) is 0 Å². The molecule has 1 aliphatic rings. The first-order valence-electron chi connectivity index (χ1n) is 5.77. The van der Waals surface area contributed by atoms with E-state index < -0.39 is 5.41 Å². The third kappa shape index (κ3) is 1.58. The van der Waals surface area contributed by atoms with Crippen molar-refractivity contribution in [3.8, 4) is 5.75 Å². The summed E-state index contributed by atoms with van der Waals surface area (Å²) in [5.74, 6) is 0.525. The van der Waals surface area contributed by atoms with Crippen LogP contribution in [0.4, 0.5) is 5.69 Å². The number of nitrogens with zero attached hydrogens (tertiary/aromatic N) is 2. The Balaban J connectivity index is 2.93. The van der Waals surface area contributed by atoms with Gasteiger partial charge in [-0.05, 0) is 31.9 Å². The number of fused-ring (bicyclic) bond motifs is 1. The molecule has 0 saturated heterocycles. The van der Waals surface area contributed by atoms with Crippen molar-refractivity contribution in [1.29, 1.82) is 0 Å². The van der Waals surface area contributed by atoms with Gasteiger partial charge in [-0.25, -0.2) is 0 Å². The fourth-order valence-corrected chi connectivity index (χ4v) is 2.33. The number of hydrogen-bond donors (Lipinski definition) is 0. The highest BCUT2D eigenvalue weighted by Crippen LogP contribution is 2.45. The first-order chi connectivity index (χ1) is 8.27. The van der Waals surface area contributed by atoms with E-state index >= 15 is 0 Å². The van der Waals surface area contributed by atoms with Gasteiger partial charge in [-0.2, -0.15) is 0 Å². The number of rotatable bonds is 1. The third-order valence-electron chi connectivity index (χ3n) is 3.63. The minimum Gasteiger partial charge on any atom is -0.356 e. The molecule has 1 aliphatic heterocycles. The van der Waals surface area contributed by atoms with Crippen molar-refractivity contribution in [2.75, 3.05) is 0 Å². The molecule has 0 unspecified atom stereocenters. The minimum atomic E-state index is -0.501. The minimum absolute atomic E-state index is 0.143. The lowest BCUT2D eigenvalue weighted by atomic mass is 9.80. The zero-order chi connectivity index (χ0) is 13.7. The van der Waals surface area contributed by atoms with E-state index in [4.69, 9.17) is 4.84 Å². The van der Waals surface area contributed by atoms with E-state index in [0.717, 1.165) is 11.1 Å². The maximum absolute atomic E-state index is 11.4. The number of nitro benzene ring substituents is 1. The van der Waals surface area contributed by atoms with Gasteiger partial charge >= 0.3 is 0 Å². The van der Waals surface area contributed by atoms with E-state index in [2.05, 4.69) is 5.16 Å². The van der Waals surface area contributed by atoms with Gasteiger partial charge in [-0.15, -0.1) is 0 Å². The molecule has 0 aromatic heterocycles. The summed E-state index contributed by atoms with van der Waals surface area (Å²) in [7, 11) is 0. The van der Waals surface area contributed by atoms with Crippen molar-refractivity contribution >= 4 is 11.9 Å². The second-order valence-electron chi connectivity index (χ2n) is 5.23. The summed E-state index contributed by atoms with van der Waals surface area (Å²) in [4.78, 5) is 16.3.